The van der Waals surface area contributed by atoms with Gasteiger partial charge in [-0.1, -0.05) is 11.6 Å². The van der Waals surface area contributed by atoms with Crippen LogP contribution in [0.4, 0.5) is 0 Å². The minimum Gasteiger partial charge on any atom is -0.333 e. The van der Waals surface area contributed by atoms with Crippen molar-refractivity contribution in [2.45, 2.75) is 13.0 Å². The van der Waals surface area contributed by atoms with Crippen LogP contribution in [0.1, 0.15) is 17.8 Å². The first kappa shape index (κ1) is 14.3. The fourth-order valence-corrected chi connectivity index (χ4v) is 3.38. The van der Waals surface area contributed by atoms with E-state index in [9.17, 15) is 9.59 Å². The van der Waals surface area contributed by atoms with E-state index in [1.807, 2.05) is 13.0 Å². The maximum Gasteiger partial charge on any atom is 0.312 e. The highest BCUT2D eigenvalue weighted by molar-refractivity contribution is 7.16. The van der Waals surface area contributed by atoms with E-state index < -0.39 is 11.8 Å². The fraction of sp³-hybridized carbons (Fsp3) is 0.500. The van der Waals surface area contributed by atoms with Crippen molar-refractivity contribution in [2.75, 3.05) is 26.2 Å². The van der Waals surface area contributed by atoms with E-state index in [2.05, 4.69) is 0 Å². The molecule has 5 nitrogen and oxygen atoms in total. The second-order valence-corrected chi connectivity index (χ2v) is 6.02. The van der Waals surface area contributed by atoms with E-state index >= 15 is 0 Å². The van der Waals surface area contributed by atoms with Crippen molar-refractivity contribution in [3.8, 4) is 0 Å². The van der Waals surface area contributed by atoms with Crippen LogP contribution in [0.3, 0.4) is 0 Å². The first-order valence-corrected chi connectivity index (χ1v) is 7.33. The number of piperazine rings is 1. The number of halogens is 1. The van der Waals surface area contributed by atoms with Crippen LogP contribution < -0.4 is 5.73 Å². The van der Waals surface area contributed by atoms with Gasteiger partial charge in [0, 0.05) is 31.1 Å². The Morgan fingerprint density at radius 1 is 1.37 bits per heavy atom. The van der Waals surface area contributed by atoms with Crippen molar-refractivity contribution in [2.24, 2.45) is 5.73 Å². The largest absolute Gasteiger partial charge is 0.333 e. The summed E-state index contributed by atoms with van der Waals surface area (Å²) in [5.74, 6) is -0.928. The maximum atomic E-state index is 12.1. The molecule has 1 atom stereocenters. The maximum absolute atomic E-state index is 12.1. The van der Waals surface area contributed by atoms with Crippen LogP contribution >= 0.6 is 22.9 Å². The van der Waals surface area contributed by atoms with Gasteiger partial charge in [-0.3, -0.25) is 9.59 Å². The number of carbonyl (C=O) groups is 2. The summed E-state index contributed by atoms with van der Waals surface area (Å²) in [5, 5.41) is 0. The van der Waals surface area contributed by atoms with E-state index in [1.165, 1.54) is 11.3 Å². The molecule has 0 aliphatic carbocycles. The lowest BCUT2D eigenvalue weighted by atomic mass is 10.1. The minimum absolute atomic E-state index is 0.270. The molecular formula is C12H16ClN3O2S. The number of thiophene rings is 1. The molecule has 1 fully saturated rings. The Balaban J connectivity index is 2.20. The standard InChI is InChI=1S/C12H16ClN3O2S/c1-2-15-5-6-16(12(18)11(15)17)8(7-14)9-3-4-10(13)19-9/h3-4,8H,2,5-7,14H2,1H3. The van der Waals surface area contributed by atoms with Gasteiger partial charge in [-0.25, -0.2) is 0 Å². The van der Waals surface area contributed by atoms with Gasteiger partial charge in [-0.2, -0.15) is 0 Å². The van der Waals surface area contributed by atoms with Crippen molar-refractivity contribution in [1.82, 2.24) is 9.80 Å². The van der Waals surface area contributed by atoms with Gasteiger partial charge >= 0.3 is 11.8 Å². The summed E-state index contributed by atoms with van der Waals surface area (Å²) in [7, 11) is 0. The lowest BCUT2D eigenvalue weighted by Gasteiger charge is -2.37. The Morgan fingerprint density at radius 3 is 2.63 bits per heavy atom. The van der Waals surface area contributed by atoms with Crippen LogP contribution in [-0.2, 0) is 9.59 Å². The quantitative estimate of drug-likeness (QED) is 0.847. The van der Waals surface area contributed by atoms with Crippen LogP contribution in [0.15, 0.2) is 12.1 Å². The number of likely N-dealkylation sites (N-methyl/N-ethyl adjacent to an activating group) is 1. The molecule has 1 aliphatic heterocycles. The van der Waals surface area contributed by atoms with Gasteiger partial charge in [-0.05, 0) is 19.1 Å². The van der Waals surface area contributed by atoms with Gasteiger partial charge in [0.25, 0.3) is 0 Å². The van der Waals surface area contributed by atoms with E-state index in [-0.39, 0.29) is 12.6 Å². The molecule has 2 amide bonds. The highest BCUT2D eigenvalue weighted by Crippen LogP contribution is 2.30. The van der Waals surface area contributed by atoms with Crippen LogP contribution in [0, 0.1) is 0 Å². The van der Waals surface area contributed by atoms with Gasteiger partial charge in [-0.15, -0.1) is 11.3 Å². The monoisotopic (exact) mass is 301 g/mol. The van der Waals surface area contributed by atoms with Crippen LogP contribution in [0.5, 0.6) is 0 Å². The number of nitrogens with zero attached hydrogens (tertiary/aromatic N) is 2. The minimum atomic E-state index is -0.479. The van der Waals surface area contributed by atoms with Crippen molar-refractivity contribution in [3.63, 3.8) is 0 Å². The SMILES string of the molecule is CCN1CCN(C(CN)c2ccc(Cl)s2)C(=O)C1=O. The zero-order valence-corrected chi connectivity index (χ0v) is 12.2. The van der Waals surface area contributed by atoms with Gasteiger partial charge in [0.05, 0.1) is 10.4 Å². The van der Waals surface area contributed by atoms with Gasteiger partial charge in [0.15, 0.2) is 0 Å². The highest BCUT2D eigenvalue weighted by Gasteiger charge is 2.36. The third-order valence-corrected chi connectivity index (χ3v) is 4.58. The second-order valence-electron chi connectivity index (χ2n) is 4.28. The number of carbonyl (C=O) groups excluding carboxylic acids is 2. The normalized spacial score (nSPS) is 18.1. The molecule has 7 heteroatoms. The van der Waals surface area contributed by atoms with Crippen molar-refractivity contribution in [1.29, 1.82) is 0 Å². The zero-order valence-electron chi connectivity index (χ0n) is 10.6. The van der Waals surface area contributed by atoms with Crippen molar-refractivity contribution in [3.05, 3.63) is 21.3 Å². The summed E-state index contributed by atoms with van der Waals surface area (Å²) in [6.07, 6.45) is 0. The predicted molar refractivity (Wildman–Crippen MR) is 75.1 cm³/mol. The zero-order chi connectivity index (χ0) is 14.0. The molecule has 1 saturated heterocycles. The summed E-state index contributed by atoms with van der Waals surface area (Å²) in [6.45, 7) is 3.76. The lowest BCUT2D eigenvalue weighted by Crippen LogP contribution is -2.55. The van der Waals surface area contributed by atoms with Crippen LogP contribution in [0.25, 0.3) is 0 Å². The molecule has 0 bridgehead atoms. The van der Waals surface area contributed by atoms with Gasteiger partial charge < -0.3 is 15.5 Å². The number of hydrogen-bond acceptors (Lipinski definition) is 4. The average Bonchev–Trinajstić information content (AvgIpc) is 2.82. The molecule has 0 radical (unpaired) electrons. The molecule has 19 heavy (non-hydrogen) atoms. The summed E-state index contributed by atoms with van der Waals surface area (Å²) in [4.78, 5) is 28.0. The second kappa shape index (κ2) is 5.90. The summed E-state index contributed by atoms with van der Waals surface area (Å²) in [5.41, 5.74) is 5.76. The topological polar surface area (TPSA) is 66.6 Å². The van der Waals surface area contributed by atoms with E-state index in [0.29, 0.717) is 24.0 Å². The Hall–Kier alpha value is -1.11. The smallest absolute Gasteiger partial charge is 0.312 e. The molecule has 1 unspecified atom stereocenters. The molecule has 2 heterocycles. The Labute approximate surface area is 120 Å². The summed E-state index contributed by atoms with van der Waals surface area (Å²) < 4.78 is 0.652. The van der Waals surface area contributed by atoms with E-state index in [4.69, 9.17) is 17.3 Å². The van der Waals surface area contributed by atoms with Gasteiger partial charge in [0.2, 0.25) is 0 Å². The number of hydrogen-bond donors (Lipinski definition) is 1. The van der Waals surface area contributed by atoms with Crippen molar-refractivity contribution >= 4 is 34.8 Å². The average molecular weight is 302 g/mol. The predicted octanol–water partition coefficient (Wildman–Crippen LogP) is 1.09. The molecule has 104 valence electrons. The van der Waals surface area contributed by atoms with Gasteiger partial charge in [0.1, 0.15) is 0 Å². The molecule has 2 N–H and O–H groups in total. The Kier molecular flexibility index (Phi) is 4.44. The molecule has 0 saturated carbocycles. The van der Waals surface area contributed by atoms with Crippen LogP contribution in [0.2, 0.25) is 4.34 Å². The fourth-order valence-electron chi connectivity index (χ4n) is 2.19. The molecule has 2 rings (SSSR count). The molecule has 0 spiro atoms. The van der Waals surface area contributed by atoms with E-state index in [1.54, 1.807) is 15.9 Å². The molecule has 1 aliphatic rings. The number of nitrogens with two attached hydrogens (primary N) is 1. The van der Waals surface area contributed by atoms with Crippen molar-refractivity contribution < 1.29 is 9.59 Å². The molecule has 1 aromatic heterocycles. The third kappa shape index (κ3) is 2.75. The lowest BCUT2D eigenvalue weighted by molar-refractivity contribution is -0.157. The highest BCUT2D eigenvalue weighted by atomic mass is 35.5. The summed E-state index contributed by atoms with van der Waals surface area (Å²) in [6, 6.07) is 3.36. The Bertz CT molecular complexity index is 491. The number of amides is 2. The van der Waals surface area contributed by atoms with E-state index in [0.717, 1.165) is 4.88 Å². The van der Waals surface area contributed by atoms with Crippen LogP contribution in [-0.4, -0.2) is 47.8 Å². The summed E-state index contributed by atoms with van der Waals surface area (Å²) >= 11 is 7.30. The molecular weight excluding hydrogens is 286 g/mol. The molecule has 1 aromatic rings. The molecule has 0 aromatic carbocycles. The first-order chi connectivity index (χ1) is 9.08. The first-order valence-electron chi connectivity index (χ1n) is 6.13. The number of rotatable bonds is 4. The Morgan fingerprint density at radius 2 is 2.11 bits per heavy atom. The third-order valence-electron chi connectivity index (χ3n) is 3.25.